The molecule has 0 aromatic heterocycles. The number of benzene rings is 1. The first-order chi connectivity index (χ1) is 6.88. The van der Waals surface area contributed by atoms with E-state index in [1.165, 1.54) is 0 Å². The van der Waals surface area contributed by atoms with Crippen molar-refractivity contribution in [1.82, 2.24) is 5.32 Å². The average Bonchev–Trinajstić information content (AvgIpc) is 2.30. The molecule has 2 nitrogen and oxygen atoms in total. The minimum absolute atomic E-state index is 0.186. The molecule has 0 aliphatic carbocycles. The van der Waals surface area contributed by atoms with Crippen LogP contribution < -0.4 is 5.32 Å². The zero-order valence-electron chi connectivity index (χ0n) is 8.20. The molecule has 74 valence electrons. The zero-order valence-corrected chi connectivity index (χ0v) is 8.20. The summed E-state index contributed by atoms with van der Waals surface area (Å²) in [6, 6.07) is 9.58. The number of hydrogen-bond donors (Lipinski definition) is 1. The van der Waals surface area contributed by atoms with Gasteiger partial charge in [0.25, 0.3) is 0 Å². The summed E-state index contributed by atoms with van der Waals surface area (Å²) in [6.45, 7) is 1.90. The van der Waals surface area contributed by atoms with E-state index in [2.05, 4.69) is 5.32 Å². The Morgan fingerprint density at radius 3 is 2.71 bits per heavy atom. The van der Waals surface area contributed by atoms with Crippen LogP contribution in [-0.2, 0) is 0 Å². The molecule has 1 saturated heterocycles. The molecular formula is C12H15NO. The van der Waals surface area contributed by atoms with Gasteiger partial charge in [-0.15, -0.1) is 0 Å². The summed E-state index contributed by atoms with van der Waals surface area (Å²) < 4.78 is 0. The van der Waals surface area contributed by atoms with E-state index in [4.69, 9.17) is 0 Å². The number of carbonyl (C=O) groups excluding carboxylic acids is 1. The molecule has 1 aromatic rings. The van der Waals surface area contributed by atoms with Crippen molar-refractivity contribution >= 4 is 5.78 Å². The second-order valence-electron chi connectivity index (χ2n) is 3.77. The molecule has 14 heavy (non-hydrogen) atoms. The summed E-state index contributed by atoms with van der Waals surface area (Å²) in [5, 5.41) is 3.26. The molecule has 1 aliphatic rings. The van der Waals surface area contributed by atoms with E-state index in [9.17, 15) is 4.79 Å². The highest BCUT2D eigenvalue weighted by Crippen LogP contribution is 2.16. The smallest absolute Gasteiger partial charge is 0.167 e. The fraction of sp³-hybridized carbons (Fsp3) is 0.417. The van der Waals surface area contributed by atoms with E-state index < -0.39 is 0 Å². The molecule has 1 N–H and O–H groups in total. The fourth-order valence-electron chi connectivity index (χ4n) is 1.91. The standard InChI is InChI=1S/C12H15NO/c14-12(10-5-2-1-3-6-10)11-7-4-8-13-9-11/h1-3,5-6,11,13H,4,7-9H2/t11-/m1/s1. The Morgan fingerprint density at radius 1 is 1.29 bits per heavy atom. The molecule has 1 fully saturated rings. The predicted molar refractivity (Wildman–Crippen MR) is 56.4 cm³/mol. The van der Waals surface area contributed by atoms with E-state index in [-0.39, 0.29) is 11.7 Å². The predicted octanol–water partition coefficient (Wildman–Crippen LogP) is 1.87. The number of hydrogen-bond acceptors (Lipinski definition) is 2. The highest BCUT2D eigenvalue weighted by Gasteiger charge is 2.21. The maximum atomic E-state index is 12.0. The van der Waals surface area contributed by atoms with Crippen molar-refractivity contribution < 1.29 is 4.79 Å². The first kappa shape index (κ1) is 9.41. The molecule has 1 atom stereocenters. The van der Waals surface area contributed by atoms with Crippen LogP contribution in [0.5, 0.6) is 0 Å². The lowest BCUT2D eigenvalue weighted by molar-refractivity contribution is 0.0899. The topological polar surface area (TPSA) is 29.1 Å². The van der Waals surface area contributed by atoms with Gasteiger partial charge in [0.15, 0.2) is 5.78 Å². The van der Waals surface area contributed by atoms with Crippen LogP contribution in [-0.4, -0.2) is 18.9 Å². The molecule has 0 bridgehead atoms. The minimum atomic E-state index is 0.186. The molecule has 0 amide bonds. The molecule has 1 aromatic carbocycles. The van der Waals surface area contributed by atoms with Crippen LogP contribution in [0, 0.1) is 5.92 Å². The van der Waals surface area contributed by atoms with E-state index in [1.54, 1.807) is 0 Å². The first-order valence-electron chi connectivity index (χ1n) is 5.18. The summed E-state index contributed by atoms with van der Waals surface area (Å²) in [6.07, 6.45) is 2.14. The highest BCUT2D eigenvalue weighted by atomic mass is 16.1. The fourth-order valence-corrected chi connectivity index (χ4v) is 1.91. The molecule has 0 radical (unpaired) electrons. The van der Waals surface area contributed by atoms with Crippen LogP contribution in [0.1, 0.15) is 23.2 Å². The SMILES string of the molecule is O=C(c1ccccc1)[C@@H]1CCCNC1. The monoisotopic (exact) mass is 189 g/mol. The maximum absolute atomic E-state index is 12.0. The molecule has 0 unspecified atom stereocenters. The number of ketones is 1. The molecule has 2 heteroatoms. The Bertz CT molecular complexity index is 301. The van der Waals surface area contributed by atoms with Crippen LogP contribution in [0.15, 0.2) is 30.3 Å². The largest absolute Gasteiger partial charge is 0.316 e. The van der Waals surface area contributed by atoms with E-state index in [0.29, 0.717) is 0 Å². The van der Waals surface area contributed by atoms with Crippen LogP contribution >= 0.6 is 0 Å². The number of carbonyl (C=O) groups is 1. The van der Waals surface area contributed by atoms with Gasteiger partial charge >= 0.3 is 0 Å². The molecule has 1 heterocycles. The zero-order chi connectivity index (χ0) is 9.80. The third-order valence-electron chi connectivity index (χ3n) is 2.73. The highest BCUT2D eigenvalue weighted by molar-refractivity contribution is 5.98. The minimum Gasteiger partial charge on any atom is -0.316 e. The summed E-state index contributed by atoms with van der Waals surface area (Å²) in [5.41, 5.74) is 0.848. The second kappa shape index (κ2) is 4.38. The Labute approximate surface area is 84.3 Å². The van der Waals surface area contributed by atoms with Crippen LogP contribution in [0.2, 0.25) is 0 Å². The van der Waals surface area contributed by atoms with Gasteiger partial charge in [0, 0.05) is 18.0 Å². The number of rotatable bonds is 2. The average molecular weight is 189 g/mol. The van der Waals surface area contributed by atoms with Crippen LogP contribution in [0.4, 0.5) is 0 Å². The van der Waals surface area contributed by atoms with Crippen molar-refractivity contribution in [1.29, 1.82) is 0 Å². The van der Waals surface area contributed by atoms with Gasteiger partial charge in [-0.25, -0.2) is 0 Å². The lowest BCUT2D eigenvalue weighted by Crippen LogP contribution is -2.34. The summed E-state index contributed by atoms with van der Waals surface area (Å²) in [7, 11) is 0. The van der Waals surface area contributed by atoms with Gasteiger partial charge in [0.2, 0.25) is 0 Å². The lowest BCUT2D eigenvalue weighted by atomic mass is 9.91. The molecule has 0 spiro atoms. The van der Waals surface area contributed by atoms with Crippen molar-refractivity contribution in [3.63, 3.8) is 0 Å². The Hall–Kier alpha value is -1.15. The first-order valence-corrected chi connectivity index (χ1v) is 5.18. The summed E-state index contributed by atoms with van der Waals surface area (Å²) in [4.78, 5) is 12.0. The Morgan fingerprint density at radius 2 is 2.07 bits per heavy atom. The number of nitrogens with one attached hydrogen (secondary N) is 1. The Balaban J connectivity index is 2.07. The van der Waals surface area contributed by atoms with Gasteiger partial charge in [0.1, 0.15) is 0 Å². The van der Waals surface area contributed by atoms with Gasteiger partial charge in [0.05, 0.1) is 0 Å². The van der Waals surface area contributed by atoms with Crippen molar-refractivity contribution in [3.8, 4) is 0 Å². The Kier molecular flexibility index (Phi) is 2.94. The van der Waals surface area contributed by atoms with Gasteiger partial charge in [-0.1, -0.05) is 30.3 Å². The molecule has 2 rings (SSSR count). The van der Waals surface area contributed by atoms with Crippen molar-refractivity contribution in [2.45, 2.75) is 12.8 Å². The van der Waals surface area contributed by atoms with Crippen molar-refractivity contribution in [3.05, 3.63) is 35.9 Å². The summed E-state index contributed by atoms with van der Waals surface area (Å²) in [5.74, 6) is 0.476. The molecule has 1 aliphatic heterocycles. The maximum Gasteiger partial charge on any atom is 0.167 e. The second-order valence-corrected chi connectivity index (χ2v) is 3.77. The number of piperidine rings is 1. The van der Waals surface area contributed by atoms with Gasteiger partial charge in [-0.05, 0) is 19.4 Å². The lowest BCUT2D eigenvalue weighted by Gasteiger charge is -2.21. The third-order valence-corrected chi connectivity index (χ3v) is 2.73. The van der Waals surface area contributed by atoms with Crippen molar-refractivity contribution in [2.75, 3.05) is 13.1 Å². The third kappa shape index (κ3) is 2.02. The van der Waals surface area contributed by atoms with Gasteiger partial charge in [-0.3, -0.25) is 4.79 Å². The van der Waals surface area contributed by atoms with Gasteiger partial charge < -0.3 is 5.32 Å². The van der Waals surface area contributed by atoms with Crippen LogP contribution in [0.25, 0.3) is 0 Å². The molecule has 0 saturated carbocycles. The van der Waals surface area contributed by atoms with E-state index in [0.717, 1.165) is 31.5 Å². The number of Topliss-reactive ketones (excluding diaryl/α,β-unsaturated/α-hetero) is 1. The molecular weight excluding hydrogens is 174 g/mol. The normalized spacial score (nSPS) is 21.9. The van der Waals surface area contributed by atoms with E-state index >= 15 is 0 Å². The quantitative estimate of drug-likeness (QED) is 0.719. The van der Waals surface area contributed by atoms with Crippen LogP contribution in [0.3, 0.4) is 0 Å². The van der Waals surface area contributed by atoms with E-state index in [1.807, 2.05) is 30.3 Å². The summed E-state index contributed by atoms with van der Waals surface area (Å²) >= 11 is 0. The van der Waals surface area contributed by atoms with Gasteiger partial charge in [-0.2, -0.15) is 0 Å². The van der Waals surface area contributed by atoms with Crippen molar-refractivity contribution in [2.24, 2.45) is 5.92 Å².